The summed E-state index contributed by atoms with van der Waals surface area (Å²) in [5.41, 5.74) is 0.826. The van der Waals surface area contributed by atoms with Crippen LogP contribution in [0.5, 0.6) is 0 Å². The second-order valence-electron chi connectivity index (χ2n) is 5.24. The van der Waals surface area contributed by atoms with Gasteiger partial charge in [0.2, 0.25) is 0 Å². The fraction of sp³-hybridized carbons (Fsp3) is 0.692. The highest BCUT2D eigenvalue weighted by molar-refractivity contribution is 7.91. The molecule has 4 nitrogen and oxygen atoms in total. The van der Waals surface area contributed by atoms with E-state index in [1.54, 1.807) is 10.4 Å². The molecule has 1 aliphatic rings. The number of rotatable bonds is 4. The Labute approximate surface area is 130 Å². The van der Waals surface area contributed by atoms with Gasteiger partial charge in [-0.15, -0.1) is 11.3 Å². The van der Waals surface area contributed by atoms with Crippen LogP contribution in [0.15, 0.2) is 10.3 Å². The van der Waals surface area contributed by atoms with Crippen LogP contribution in [0.25, 0.3) is 0 Å². The molecule has 2 heterocycles. The lowest BCUT2D eigenvalue weighted by molar-refractivity contribution is 0.209. The van der Waals surface area contributed by atoms with Gasteiger partial charge in [0.1, 0.15) is 4.21 Å². The van der Waals surface area contributed by atoms with Crippen molar-refractivity contribution in [3.8, 4) is 0 Å². The van der Waals surface area contributed by atoms with Gasteiger partial charge in [0.05, 0.1) is 4.34 Å². The first-order valence-electron chi connectivity index (χ1n) is 6.83. The Morgan fingerprint density at radius 1 is 1.55 bits per heavy atom. The molecular weight excluding hydrogens is 316 g/mol. The molecule has 2 atom stereocenters. The van der Waals surface area contributed by atoms with E-state index in [9.17, 15) is 8.42 Å². The van der Waals surface area contributed by atoms with Gasteiger partial charge in [-0.1, -0.05) is 24.9 Å². The lowest BCUT2D eigenvalue weighted by Crippen LogP contribution is -2.49. The number of nitrogens with one attached hydrogen (secondary N) is 1. The zero-order valence-corrected chi connectivity index (χ0v) is 14.4. The summed E-state index contributed by atoms with van der Waals surface area (Å²) in [5, 5.41) is 3.29. The van der Waals surface area contributed by atoms with Crippen LogP contribution in [0, 0.1) is 12.8 Å². The van der Waals surface area contributed by atoms with Crippen molar-refractivity contribution >= 4 is 33.0 Å². The quantitative estimate of drug-likeness (QED) is 0.919. The number of thiophene rings is 1. The normalized spacial score (nSPS) is 25.0. The molecule has 0 spiro atoms. The number of sulfonamides is 1. The van der Waals surface area contributed by atoms with E-state index < -0.39 is 10.0 Å². The lowest BCUT2D eigenvalue weighted by atomic mass is 9.91. The Kier molecular flexibility index (Phi) is 5.13. The summed E-state index contributed by atoms with van der Waals surface area (Å²) in [6.07, 6.45) is 1.83. The number of nitrogens with zero attached hydrogens (tertiary/aromatic N) is 1. The third kappa shape index (κ3) is 3.04. The number of hydrogen-bond donors (Lipinski definition) is 1. The number of aryl methyl sites for hydroxylation is 1. The van der Waals surface area contributed by atoms with Gasteiger partial charge in [-0.3, -0.25) is 0 Å². The van der Waals surface area contributed by atoms with Crippen LogP contribution in [0.3, 0.4) is 0 Å². The topological polar surface area (TPSA) is 49.4 Å². The van der Waals surface area contributed by atoms with E-state index in [1.807, 2.05) is 14.0 Å². The molecule has 1 aromatic rings. The molecule has 114 valence electrons. The van der Waals surface area contributed by atoms with Crippen LogP contribution >= 0.6 is 22.9 Å². The smallest absolute Gasteiger partial charge is 0.252 e. The molecule has 1 fully saturated rings. The van der Waals surface area contributed by atoms with E-state index in [4.69, 9.17) is 11.6 Å². The third-order valence-corrected chi connectivity index (χ3v) is 7.89. The van der Waals surface area contributed by atoms with Crippen LogP contribution in [0.2, 0.25) is 4.34 Å². The van der Waals surface area contributed by atoms with Crippen molar-refractivity contribution in [3.05, 3.63) is 16.0 Å². The van der Waals surface area contributed by atoms with Crippen molar-refractivity contribution in [1.29, 1.82) is 0 Å². The molecule has 0 aromatic carbocycles. The number of hydrogen-bond acceptors (Lipinski definition) is 4. The fourth-order valence-corrected chi connectivity index (χ4v) is 6.07. The molecule has 7 heteroatoms. The van der Waals surface area contributed by atoms with Crippen molar-refractivity contribution in [1.82, 2.24) is 9.62 Å². The Balaban J connectivity index is 2.22. The van der Waals surface area contributed by atoms with Crippen LogP contribution in [-0.2, 0) is 10.0 Å². The molecule has 1 N–H and O–H groups in total. The predicted molar refractivity (Wildman–Crippen MR) is 84.1 cm³/mol. The maximum absolute atomic E-state index is 12.7. The first kappa shape index (κ1) is 16.2. The van der Waals surface area contributed by atoms with E-state index in [1.165, 1.54) is 0 Å². The molecule has 1 aromatic heterocycles. The Morgan fingerprint density at radius 2 is 2.25 bits per heavy atom. The van der Waals surface area contributed by atoms with Crippen molar-refractivity contribution in [2.45, 2.75) is 36.9 Å². The number of piperidine rings is 1. The van der Waals surface area contributed by atoms with Crippen molar-refractivity contribution < 1.29 is 8.42 Å². The summed E-state index contributed by atoms with van der Waals surface area (Å²) in [6, 6.07) is 2.08. The molecule has 2 rings (SSSR count). The highest BCUT2D eigenvalue weighted by Crippen LogP contribution is 2.33. The molecule has 20 heavy (non-hydrogen) atoms. The van der Waals surface area contributed by atoms with Gasteiger partial charge >= 0.3 is 0 Å². The molecule has 2 unspecified atom stereocenters. The minimum atomic E-state index is -3.40. The van der Waals surface area contributed by atoms with Gasteiger partial charge in [0.15, 0.2) is 0 Å². The van der Waals surface area contributed by atoms with Gasteiger partial charge in [-0.05, 0) is 37.9 Å². The van der Waals surface area contributed by atoms with E-state index in [2.05, 4.69) is 12.2 Å². The largest absolute Gasteiger partial charge is 0.317 e. The second-order valence-corrected chi connectivity index (χ2v) is 9.06. The highest BCUT2D eigenvalue weighted by atomic mass is 35.5. The molecule has 0 radical (unpaired) electrons. The van der Waals surface area contributed by atoms with Crippen molar-refractivity contribution in [2.24, 2.45) is 5.92 Å². The Morgan fingerprint density at radius 3 is 2.75 bits per heavy atom. The average molecular weight is 337 g/mol. The highest BCUT2D eigenvalue weighted by Gasteiger charge is 2.35. The molecule has 1 aliphatic heterocycles. The zero-order valence-electron chi connectivity index (χ0n) is 12.0. The van der Waals surface area contributed by atoms with Crippen molar-refractivity contribution in [3.63, 3.8) is 0 Å². The maximum atomic E-state index is 12.7. The van der Waals surface area contributed by atoms with Crippen LogP contribution < -0.4 is 5.32 Å². The minimum Gasteiger partial charge on any atom is -0.317 e. The Bertz CT molecular complexity index is 551. The maximum Gasteiger partial charge on any atom is 0.252 e. The first-order chi connectivity index (χ1) is 9.40. The second kappa shape index (κ2) is 6.32. The van der Waals surface area contributed by atoms with Crippen LogP contribution in [0.1, 0.15) is 25.3 Å². The summed E-state index contributed by atoms with van der Waals surface area (Å²) < 4.78 is 27.9. The molecule has 1 saturated heterocycles. The summed E-state index contributed by atoms with van der Waals surface area (Å²) >= 11 is 7.15. The fourth-order valence-electron chi connectivity index (χ4n) is 2.70. The molecule has 0 bridgehead atoms. The molecule has 0 saturated carbocycles. The van der Waals surface area contributed by atoms with E-state index in [0.29, 0.717) is 33.6 Å². The molecule has 0 aliphatic carbocycles. The van der Waals surface area contributed by atoms with Gasteiger partial charge in [-0.25, -0.2) is 8.42 Å². The third-order valence-electron chi connectivity index (χ3n) is 4.02. The van der Waals surface area contributed by atoms with Gasteiger partial charge < -0.3 is 5.32 Å². The summed E-state index contributed by atoms with van der Waals surface area (Å²) in [6.45, 7) is 5.09. The predicted octanol–water partition coefficient (Wildman–Crippen LogP) is 2.72. The molecular formula is C13H21ClN2O2S2. The first-order valence-corrected chi connectivity index (χ1v) is 9.47. The summed E-state index contributed by atoms with van der Waals surface area (Å²) in [5.74, 6) is 0.361. The van der Waals surface area contributed by atoms with Crippen molar-refractivity contribution in [2.75, 3.05) is 20.1 Å². The molecule has 0 amide bonds. The van der Waals surface area contributed by atoms with Gasteiger partial charge in [-0.2, -0.15) is 4.31 Å². The van der Waals surface area contributed by atoms with Crippen LogP contribution in [-0.4, -0.2) is 38.9 Å². The zero-order chi connectivity index (χ0) is 14.9. The summed E-state index contributed by atoms with van der Waals surface area (Å²) in [7, 11) is -1.45. The standard InChI is InChI=1S/C13H21ClN2O2S2/c1-4-10-8-16(6-5-11(10)15-3)20(17,18)12-7-9(2)13(14)19-12/h7,10-11,15H,4-6,8H2,1-3H3. The Hall–Kier alpha value is -0.140. The SMILES string of the molecule is CCC1CN(S(=O)(=O)c2cc(C)c(Cl)s2)CCC1NC. The van der Waals surface area contributed by atoms with Gasteiger partial charge in [0.25, 0.3) is 10.0 Å². The minimum absolute atomic E-state index is 0.359. The van der Waals surface area contributed by atoms with E-state index in [0.717, 1.165) is 29.7 Å². The monoisotopic (exact) mass is 336 g/mol. The summed E-state index contributed by atoms with van der Waals surface area (Å²) in [4.78, 5) is 0. The number of halogens is 1. The van der Waals surface area contributed by atoms with Gasteiger partial charge in [0, 0.05) is 19.1 Å². The van der Waals surface area contributed by atoms with E-state index in [-0.39, 0.29) is 0 Å². The van der Waals surface area contributed by atoms with E-state index >= 15 is 0 Å². The lowest BCUT2D eigenvalue weighted by Gasteiger charge is -2.37. The van der Waals surface area contributed by atoms with Crippen LogP contribution in [0.4, 0.5) is 0 Å². The average Bonchev–Trinajstić information content (AvgIpc) is 2.78.